The Balaban J connectivity index is 1.77. The molecule has 0 saturated carbocycles. The van der Waals surface area contributed by atoms with Crippen molar-refractivity contribution in [3.05, 3.63) is 64.2 Å². The van der Waals surface area contributed by atoms with Crippen molar-refractivity contribution in [2.45, 2.75) is 33.4 Å². The zero-order valence-corrected chi connectivity index (χ0v) is 15.8. The molecule has 0 aliphatic heterocycles. The third kappa shape index (κ3) is 5.77. The summed E-state index contributed by atoms with van der Waals surface area (Å²) in [6.07, 6.45) is -0.923. The van der Waals surface area contributed by atoms with Crippen LogP contribution in [0, 0.1) is 13.8 Å². The Morgan fingerprint density at radius 3 is 2.54 bits per heavy atom. The first-order valence-electron chi connectivity index (χ1n) is 8.27. The number of amides is 1. The number of nitrogens with one attached hydrogen (secondary N) is 1. The van der Waals surface area contributed by atoms with E-state index in [9.17, 15) is 9.59 Å². The molecule has 138 valence electrons. The van der Waals surface area contributed by atoms with Gasteiger partial charge in [0.15, 0.2) is 12.7 Å². The summed E-state index contributed by atoms with van der Waals surface area (Å²) in [5, 5.41) is 3.26. The van der Waals surface area contributed by atoms with Crippen molar-refractivity contribution in [1.29, 1.82) is 0 Å². The van der Waals surface area contributed by atoms with Gasteiger partial charge in [-0.3, -0.25) is 4.79 Å². The first kappa shape index (κ1) is 19.8. The van der Waals surface area contributed by atoms with Crippen LogP contribution in [0.2, 0.25) is 5.02 Å². The average Bonchev–Trinajstić information content (AvgIpc) is 2.61. The zero-order chi connectivity index (χ0) is 19.1. The lowest BCUT2D eigenvalue weighted by Gasteiger charge is -2.14. The van der Waals surface area contributed by atoms with Crippen molar-refractivity contribution < 1.29 is 19.1 Å². The molecule has 0 fully saturated rings. The summed E-state index contributed by atoms with van der Waals surface area (Å²) >= 11 is 6.04. The van der Waals surface area contributed by atoms with E-state index >= 15 is 0 Å². The molecule has 5 nitrogen and oxygen atoms in total. The molecule has 1 atom stereocenters. The van der Waals surface area contributed by atoms with Gasteiger partial charge in [-0.15, -0.1) is 0 Å². The summed E-state index contributed by atoms with van der Waals surface area (Å²) in [6, 6.07) is 12.8. The lowest BCUT2D eigenvalue weighted by atomic mass is 10.1. The van der Waals surface area contributed by atoms with Crippen LogP contribution in [0.3, 0.4) is 0 Å². The smallest absolute Gasteiger partial charge is 0.344 e. The minimum atomic E-state index is -0.923. The molecule has 6 heteroatoms. The Labute approximate surface area is 158 Å². The van der Waals surface area contributed by atoms with Gasteiger partial charge in [-0.05, 0) is 55.7 Å². The lowest BCUT2D eigenvalue weighted by molar-refractivity contribution is -0.156. The molecule has 2 aromatic carbocycles. The topological polar surface area (TPSA) is 64.6 Å². The zero-order valence-electron chi connectivity index (χ0n) is 15.0. The summed E-state index contributed by atoms with van der Waals surface area (Å²) in [6.45, 7) is 5.47. The van der Waals surface area contributed by atoms with Crippen LogP contribution in [0.25, 0.3) is 0 Å². The third-order valence-corrected chi connectivity index (χ3v) is 4.29. The fourth-order valence-electron chi connectivity index (χ4n) is 2.20. The monoisotopic (exact) mass is 375 g/mol. The van der Waals surface area contributed by atoms with Crippen molar-refractivity contribution in [3.8, 4) is 5.75 Å². The van der Waals surface area contributed by atoms with Gasteiger partial charge in [-0.1, -0.05) is 35.9 Å². The van der Waals surface area contributed by atoms with E-state index in [1.54, 1.807) is 12.1 Å². The quantitative estimate of drug-likeness (QED) is 0.751. The van der Waals surface area contributed by atoms with Crippen molar-refractivity contribution in [2.24, 2.45) is 0 Å². The van der Waals surface area contributed by atoms with Gasteiger partial charge in [-0.2, -0.15) is 0 Å². The normalized spacial score (nSPS) is 11.5. The molecule has 0 aliphatic rings. The maximum atomic E-state index is 12.0. The number of carbonyl (C=O) groups excluding carboxylic acids is 2. The fourth-order valence-corrected chi connectivity index (χ4v) is 2.40. The van der Waals surface area contributed by atoms with Crippen LogP contribution in [-0.2, 0) is 20.9 Å². The molecular weight excluding hydrogens is 354 g/mol. The van der Waals surface area contributed by atoms with Crippen LogP contribution < -0.4 is 10.1 Å². The van der Waals surface area contributed by atoms with Gasteiger partial charge in [0.05, 0.1) is 0 Å². The van der Waals surface area contributed by atoms with E-state index in [0.717, 1.165) is 16.7 Å². The number of halogens is 1. The number of hydrogen-bond donors (Lipinski definition) is 1. The molecule has 0 bridgehead atoms. The van der Waals surface area contributed by atoms with Gasteiger partial charge in [0.1, 0.15) is 5.75 Å². The van der Waals surface area contributed by atoms with E-state index in [0.29, 0.717) is 10.8 Å². The van der Waals surface area contributed by atoms with Gasteiger partial charge >= 0.3 is 5.97 Å². The van der Waals surface area contributed by atoms with Crippen molar-refractivity contribution in [3.63, 3.8) is 0 Å². The molecule has 0 radical (unpaired) electrons. The molecule has 0 spiro atoms. The maximum absolute atomic E-state index is 12.0. The Hall–Kier alpha value is -2.53. The molecule has 0 saturated heterocycles. The summed E-state index contributed by atoms with van der Waals surface area (Å²) < 4.78 is 10.5. The number of esters is 1. The highest BCUT2D eigenvalue weighted by Crippen LogP contribution is 2.16. The number of carbonyl (C=O) groups is 2. The Kier molecular flexibility index (Phi) is 7.04. The van der Waals surface area contributed by atoms with Crippen LogP contribution in [0.1, 0.15) is 23.6 Å². The second-order valence-corrected chi connectivity index (χ2v) is 6.38. The Bertz CT molecular complexity index is 791. The van der Waals surface area contributed by atoms with E-state index in [1.807, 2.05) is 44.2 Å². The van der Waals surface area contributed by atoms with E-state index in [1.165, 1.54) is 6.92 Å². The van der Waals surface area contributed by atoms with E-state index < -0.39 is 18.0 Å². The Morgan fingerprint density at radius 2 is 1.85 bits per heavy atom. The number of aryl methyl sites for hydroxylation is 2. The lowest BCUT2D eigenvalue weighted by Crippen LogP contribution is -2.36. The van der Waals surface area contributed by atoms with Crippen LogP contribution in [-0.4, -0.2) is 24.6 Å². The van der Waals surface area contributed by atoms with Crippen LogP contribution in [0.5, 0.6) is 5.75 Å². The van der Waals surface area contributed by atoms with Gasteiger partial charge < -0.3 is 14.8 Å². The predicted molar refractivity (Wildman–Crippen MR) is 100 cm³/mol. The molecule has 1 amide bonds. The molecular formula is C20H22ClNO4. The second kappa shape index (κ2) is 9.25. The number of ether oxygens (including phenoxy) is 2. The minimum absolute atomic E-state index is 0.259. The fraction of sp³-hybridized carbons (Fsp3) is 0.300. The SMILES string of the molecule is Cc1ccc(OCC(=O)OC(C)C(=O)NCc2ccccc2Cl)cc1C. The van der Waals surface area contributed by atoms with E-state index in [2.05, 4.69) is 5.32 Å². The van der Waals surface area contributed by atoms with E-state index in [4.69, 9.17) is 21.1 Å². The summed E-state index contributed by atoms with van der Waals surface area (Å²) in [5.74, 6) is -0.422. The molecule has 2 aromatic rings. The molecule has 1 unspecified atom stereocenters. The number of rotatable bonds is 7. The largest absolute Gasteiger partial charge is 0.482 e. The highest BCUT2D eigenvalue weighted by molar-refractivity contribution is 6.31. The van der Waals surface area contributed by atoms with Crippen molar-refractivity contribution in [2.75, 3.05) is 6.61 Å². The molecule has 0 heterocycles. The third-order valence-electron chi connectivity index (χ3n) is 3.92. The van der Waals surface area contributed by atoms with Gasteiger partial charge in [0, 0.05) is 11.6 Å². The second-order valence-electron chi connectivity index (χ2n) is 5.98. The average molecular weight is 376 g/mol. The molecule has 2 rings (SSSR count). The Morgan fingerprint density at radius 1 is 1.12 bits per heavy atom. The van der Waals surface area contributed by atoms with E-state index in [-0.39, 0.29) is 13.2 Å². The molecule has 0 aliphatic carbocycles. The van der Waals surface area contributed by atoms with Crippen LogP contribution >= 0.6 is 11.6 Å². The van der Waals surface area contributed by atoms with Crippen LogP contribution in [0.15, 0.2) is 42.5 Å². The molecule has 26 heavy (non-hydrogen) atoms. The summed E-state index contributed by atoms with van der Waals surface area (Å²) in [4.78, 5) is 23.9. The first-order valence-corrected chi connectivity index (χ1v) is 8.65. The minimum Gasteiger partial charge on any atom is -0.482 e. The maximum Gasteiger partial charge on any atom is 0.344 e. The standard InChI is InChI=1S/C20H22ClNO4/c1-13-8-9-17(10-14(13)2)25-12-19(23)26-15(3)20(24)22-11-16-6-4-5-7-18(16)21/h4-10,15H,11-12H2,1-3H3,(H,22,24). The first-order chi connectivity index (χ1) is 12.4. The van der Waals surface area contributed by atoms with Crippen LogP contribution in [0.4, 0.5) is 0 Å². The summed E-state index contributed by atoms with van der Waals surface area (Å²) in [5.41, 5.74) is 3.01. The highest BCUT2D eigenvalue weighted by Gasteiger charge is 2.18. The molecule has 0 aromatic heterocycles. The predicted octanol–water partition coefficient (Wildman–Crippen LogP) is 3.58. The van der Waals surface area contributed by atoms with Crippen molar-refractivity contribution in [1.82, 2.24) is 5.32 Å². The van der Waals surface area contributed by atoms with Gasteiger partial charge in [-0.25, -0.2) is 4.79 Å². The highest BCUT2D eigenvalue weighted by atomic mass is 35.5. The van der Waals surface area contributed by atoms with Gasteiger partial charge in [0.2, 0.25) is 0 Å². The molecule has 1 N–H and O–H groups in total. The number of benzene rings is 2. The van der Waals surface area contributed by atoms with Gasteiger partial charge in [0.25, 0.3) is 5.91 Å². The summed E-state index contributed by atoms with van der Waals surface area (Å²) in [7, 11) is 0. The van der Waals surface area contributed by atoms with Crippen molar-refractivity contribution >= 4 is 23.5 Å². The number of hydrogen-bond acceptors (Lipinski definition) is 4.